The molecule has 0 aliphatic carbocycles. The van der Waals surface area contributed by atoms with Gasteiger partial charge in [0.15, 0.2) is 0 Å². The lowest BCUT2D eigenvalue weighted by Crippen LogP contribution is -2.46. The molecule has 37 heavy (non-hydrogen) atoms. The van der Waals surface area contributed by atoms with Crippen molar-refractivity contribution in [2.45, 2.75) is 38.8 Å². The molecule has 0 atom stereocenters. The number of anilines is 1. The summed E-state index contributed by atoms with van der Waals surface area (Å²) in [5.41, 5.74) is 1.70. The zero-order chi connectivity index (χ0) is 26.3. The van der Waals surface area contributed by atoms with Crippen LogP contribution < -0.4 is 14.4 Å². The second-order valence-corrected chi connectivity index (χ2v) is 9.14. The largest absolute Gasteiger partial charge is 0.493 e. The number of hydrogen-bond acceptors (Lipinski definition) is 7. The van der Waals surface area contributed by atoms with Crippen LogP contribution in [0.3, 0.4) is 0 Å². The highest BCUT2D eigenvalue weighted by atomic mass is 16.6. The zero-order valence-electron chi connectivity index (χ0n) is 21.3. The van der Waals surface area contributed by atoms with E-state index in [9.17, 15) is 4.79 Å². The number of amides is 1. The van der Waals surface area contributed by atoms with Gasteiger partial charge in [-0.3, -0.25) is 9.80 Å². The summed E-state index contributed by atoms with van der Waals surface area (Å²) in [6.07, 6.45) is 1.68. The summed E-state index contributed by atoms with van der Waals surface area (Å²) in [5, 5.41) is 2.16. The summed E-state index contributed by atoms with van der Waals surface area (Å²) in [6.45, 7) is 8.46. The van der Waals surface area contributed by atoms with Crippen molar-refractivity contribution in [3.8, 4) is 11.5 Å². The maximum absolute atomic E-state index is 12.6. The first-order valence-electron chi connectivity index (χ1n) is 12.6. The number of fused-ring (bicyclic) bond motifs is 1. The molecule has 2 fully saturated rings. The Morgan fingerprint density at radius 1 is 0.892 bits per heavy atom. The summed E-state index contributed by atoms with van der Waals surface area (Å²) in [4.78, 5) is 33.0. The number of benzene rings is 3. The molecule has 194 valence electrons. The predicted molar refractivity (Wildman–Crippen MR) is 139 cm³/mol. The summed E-state index contributed by atoms with van der Waals surface area (Å²) in [7, 11) is 0. The second-order valence-electron chi connectivity index (χ2n) is 9.14. The van der Waals surface area contributed by atoms with E-state index in [2.05, 4.69) is 23.1 Å². The molecule has 5 rings (SSSR count). The normalized spacial score (nSPS) is 16.6. The third-order valence-electron chi connectivity index (χ3n) is 6.79. The molecule has 0 radical (unpaired) electrons. The van der Waals surface area contributed by atoms with E-state index in [4.69, 9.17) is 23.8 Å². The van der Waals surface area contributed by atoms with Crippen molar-refractivity contribution in [1.82, 2.24) is 4.90 Å². The number of piperidine rings is 1. The van der Waals surface area contributed by atoms with Gasteiger partial charge in [-0.15, -0.1) is 0 Å². The zero-order valence-corrected chi connectivity index (χ0v) is 21.3. The van der Waals surface area contributed by atoms with E-state index >= 15 is 0 Å². The molecule has 0 N–H and O–H groups in total. The predicted octanol–water partition coefficient (Wildman–Crippen LogP) is 5.05. The fourth-order valence-corrected chi connectivity index (χ4v) is 5.10. The van der Waals surface area contributed by atoms with Gasteiger partial charge in [0, 0.05) is 48.9 Å². The number of nitrogens with zero attached hydrogens (tertiary/aromatic N) is 2. The molecule has 3 aromatic rings. The molecule has 2 aliphatic rings. The van der Waals surface area contributed by atoms with E-state index in [1.54, 1.807) is 4.90 Å². The highest BCUT2D eigenvalue weighted by molar-refractivity contribution is 5.94. The molecule has 0 bridgehead atoms. The number of rotatable bonds is 7. The number of para-hydroxylation sites is 1. The van der Waals surface area contributed by atoms with Gasteiger partial charge in [-0.1, -0.05) is 30.3 Å². The highest BCUT2D eigenvalue weighted by Gasteiger charge is 2.47. The summed E-state index contributed by atoms with van der Waals surface area (Å²) >= 11 is 0. The van der Waals surface area contributed by atoms with Gasteiger partial charge in [0.25, 0.3) is 0 Å². The Morgan fingerprint density at radius 3 is 2.24 bits per heavy atom. The SMILES string of the molecule is CCOc1cc(CN2CCC3(CC2)CN(c2ccccc2)C(=O)O3)cc2c(OCC)cccc12.O=C=O. The van der Waals surface area contributed by atoms with Gasteiger partial charge < -0.3 is 14.2 Å². The van der Waals surface area contributed by atoms with E-state index < -0.39 is 5.60 Å². The molecule has 8 heteroatoms. The molecule has 1 amide bonds. The molecule has 1 spiro atoms. The fraction of sp³-hybridized carbons (Fsp3) is 0.379. The minimum atomic E-state index is -0.397. The first-order valence-corrected chi connectivity index (χ1v) is 12.6. The Hall–Kier alpha value is -3.87. The molecule has 2 saturated heterocycles. The van der Waals surface area contributed by atoms with Crippen LogP contribution in [0.2, 0.25) is 0 Å². The Bertz CT molecular complexity index is 1250. The molecule has 2 aliphatic heterocycles. The Kier molecular flexibility index (Phi) is 8.43. The van der Waals surface area contributed by atoms with Gasteiger partial charge in [-0.2, -0.15) is 9.59 Å². The van der Waals surface area contributed by atoms with Crippen molar-refractivity contribution in [1.29, 1.82) is 0 Å². The standard InChI is InChI=1S/C28H32N2O4.CO2/c1-3-32-25-12-8-11-23-24(25)17-21(18-26(23)33-4-2)19-29-15-13-28(14-16-29)20-30(27(31)34-28)22-9-6-5-7-10-22;2-1-3/h5-12,17-18H,3-4,13-16,19-20H2,1-2H3;. The number of likely N-dealkylation sites (tertiary alicyclic amines) is 1. The Morgan fingerprint density at radius 2 is 1.57 bits per heavy atom. The second kappa shape index (κ2) is 11.9. The topological polar surface area (TPSA) is 85.4 Å². The minimum absolute atomic E-state index is 0.237. The van der Waals surface area contributed by atoms with Gasteiger partial charge in [-0.25, -0.2) is 4.79 Å². The van der Waals surface area contributed by atoms with Crippen molar-refractivity contribution in [3.05, 3.63) is 66.2 Å². The van der Waals surface area contributed by atoms with Gasteiger partial charge in [-0.05, 0) is 49.7 Å². The lowest BCUT2D eigenvalue weighted by molar-refractivity contribution is -0.191. The van der Waals surface area contributed by atoms with Crippen LogP contribution in [0.1, 0.15) is 32.3 Å². The Labute approximate surface area is 216 Å². The van der Waals surface area contributed by atoms with Crippen molar-refractivity contribution >= 4 is 28.7 Å². The lowest BCUT2D eigenvalue weighted by atomic mass is 9.91. The summed E-state index contributed by atoms with van der Waals surface area (Å²) in [6, 6.07) is 20.3. The molecule has 0 aromatic heterocycles. The van der Waals surface area contributed by atoms with Gasteiger partial charge >= 0.3 is 12.2 Å². The van der Waals surface area contributed by atoms with E-state index in [1.165, 1.54) is 5.56 Å². The van der Waals surface area contributed by atoms with Crippen molar-refractivity contribution < 1.29 is 28.6 Å². The fourth-order valence-electron chi connectivity index (χ4n) is 5.10. The molecular weight excluding hydrogens is 472 g/mol. The molecule has 2 heterocycles. The van der Waals surface area contributed by atoms with Gasteiger partial charge in [0.05, 0.1) is 19.8 Å². The maximum atomic E-state index is 12.6. The van der Waals surface area contributed by atoms with Crippen LogP contribution in [0, 0.1) is 0 Å². The maximum Gasteiger partial charge on any atom is 0.415 e. The first kappa shape index (κ1) is 26.2. The first-order chi connectivity index (χ1) is 18.0. The van der Waals surface area contributed by atoms with Crippen molar-refractivity contribution in [2.75, 3.05) is 37.7 Å². The van der Waals surface area contributed by atoms with Crippen LogP contribution in [0.25, 0.3) is 10.8 Å². The van der Waals surface area contributed by atoms with Crippen molar-refractivity contribution in [2.24, 2.45) is 0 Å². The number of ether oxygens (including phenoxy) is 3. The summed E-state index contributed by atoms with van der Waals surface area (Å²) < 4.78 is 17.8. The minimum Gasteiger partial charge on any atom is -0.493 e. The third kappa shape index (κ3) is 5.93. The lowest BCUT2D eigenvalue weighted by Gasteiger charge is -2.37. The number of carbonyl (C=O) groups is 1. The van der Waals surface area contributed by atoms with Crippen LogP contribution >= 0.6 is 0 Å². The molecule has 0 unspecified atom stereocenters. The summed E-state index contributed by atoms with van der Waals surface area (Å²) in [5.74, 6) is 1.78. The Balaban J connectivity index is 0.00000102. The molecular formula is C29H32N2O6. The third-order valence-corrected chi connectivity index (χ3v) is 6.79. The van der Waals surface area contributed by atoms with Crippen LogP contribution in [0.15, 0.2) is 60.7 Å². The van der Waals surface area contributed by atoms with Gasteiger partial charge in [0.1, 0.15) is 17.1 Å². The quantitative estimate of drug-likeness (QED) is 0.445. The smallest absolute Gasteiger partial charge is 0.415 e. The van der Waals surface area contributed by atoms with E-state index in [1.807, 2.05) is 56.3 Å². The van der Waals surface area contributed by atoms with Crippen LogP contribution in [0.4, 0.5) is 10.5 Å². The van der Waals surface area contributed by atoms with Crippen LogP contribution in [-0.2, 0) is 20.9 Å². The highest BCUT2D eigenvalue weighted by Crippen LogP contribution is 2.37. The molecule has 3 aromatic carbocycles. The molecule has 0 saturated carbocycles. The van der Waals surface area contributed by atoms with E-state index in [-0.39, 0.29) is 12.2 Å². The van der Waals surface area contributed by atoms with Crippen molar-refractivity contribution in [3.63, 3.8) is 0 Å². The average Bonchev–Trinajstić information content (AvgIpc) is 3.23. The number of carbonyl (C=O) groups excluding carboxylic acids is 3. The van der Waals surface area contributed by atoms with E-state index in [0.29, 0.717) is 19.8 Å². The average molecular weight is 505 g/mol. The van der Waals surface area contributed by atoms with Gasteiger partial charge in [0.2, 0.25) is 0 Å². The van der Waals surface area contributed by atoms with Crippen LogP contribution in [0.5, 0.6) is 11.5 Å². The van der Waals surface area contributed by atoms with Crippen LogP contribution in [-0.4, -0.2) is 55.6 Å². The van der Waals surface area contributed by atoms with E-state index in [0.717, 1.165) is 60.4 Å². The monoisotopic (exact) mass is 504 g/mol. The number of hydrogen-bond donors (Lipinski definition) is 0. The molecule has 8 nitrogen and oxygen atoms in total.